The Morgan fingerprint density at radius 1 is 1.73 bits per heavy atom. The lowest BCUT2D eigenvalue weighted by atomic mass is 10.2. The quantitative estimate of drug-likeness (QED) is 0.173. The number of imide groups is 1. The van der Waals surface area contributed by atoms with E-state index in [2.05, 4.69) is 10.5 Å². The molecule has 15 heavy (non-hydrogen) atoms. The number of amides is 2. The van der Waals surface area contributed by atoms with Gasteiger partial charge in [-0.1, -0.05) is 5.16 Å². The van der Waals surface area contributed by atoms with Crippen LogP contribution in [0.4, 0.5) is 0 Å². The molecule has 0 aromatic rings. The molecule has 2 amide bonds. The SMILES string of the molecule is CN1C(=O)CC(NCCC(N)=NO)C1=O. The minimum Gasteiger partial charge on any atom is -0.409 e. The van der Waals surface area contributed by atoms with Gasteiger partial charge in [0.15, 0.2) is 0 Å². The Bertz CT molecular complexity index is 302. The van der Waals surface area contributed by atoms with Crippen molar-refractivity contribution in [2.75, 3.05) is 13.6 Å². The molecule has 7 nitrogen and oxygen atoms in total. The van der Waals surface area contributed by atoms with E-state index >= 15 is 0 Å². The third-order valence-corrected chi connectivity index (χ3v) is 2.28. The average Bonchev–Trinajstić information content (AvgIpc) is 2.46. The van der Waals surface area contributed by atoms with Gasteiger partial charge in [-0.05, 0) is 0 Å². The van der Waals surface area contributed by atoms with E-state index in [1.165, 1.54) is 7.05 Å². The number of likely N-dealkylation sites (N-methyl/N-ethyl adjacent to an activating group) is 1. The first kappa shape index (κ1) is 11.4. The van der Waals surface area contributed by atoms with Crippen LogP contribution in [0.2, 0.25) is 0 Å². The van der Waals surface area contributed by atoms with E-state index in [9.17, 15) is 9.59 Å². The molecule has 0 bridgehead atoms. The van der Waals surface area contributed by atoms with Gasteiger partial charge in [0.2, 0.25) is 11.8 Å². The lowest BCUT2D eigenvalue weighted by Crippen LogP contribution is -2.38. The number of rotatable bonds is 4. The fourth-order valence-electron chi connectivity index (χ4n) is 1.34. The smallest absolute Gasteiger partial charge is 0.246 e. The summed E-state index contributed by atoms with van der Waals surface area (Å²) in [5.74, 6) is -0.339. The Kier molecular flexibility index (Phi) is 3.62. The molecule has 0 aromatic carbocycles. The van der Waals surface area contributed by atoms with Crippen molar-refractivity contribution in [3.8, 4) is 0 Å². The summed E-state index contributed by atoms with van der Waals surface area (Å²) in [5, 5.41) is 13.9. The van der Waals surface area contributed by atoms with Crippen molar-refractivity contribution in [3.63, 3.8) is 0 Å². The molecule has 1 heterocycles. The summed E-state index contributed by atoms with van der Waals surface area (Å²) >= 11 is 0. The third kappa shape index (κ3) is 2.66. The molecule has 84 valence electrons. The molecule has 7 heteroatoms. The van der Waals surface area contributed by atoms with E-state index in [0.717, 1.165) is 4.90 Å². The van der Waals surface area contributed by atoms with Crippen LogP contribution in [-0.2, 0) is 9.59 Å². The molecule has 0 aliphatic carbocycles. The number of carbonyl (C=O) groups is 2. The molecule has 1 saturated heterocycles. The van der Waals surface area contributed by atoms with Crippen molar-refractivity contribution >= 4 is 17.6 Å². The monoisotopic (exact) mass is 214 g/mol. The predicted octanol–water partition coefficient (Wildman–Crippen LogP) is -1.53. The Morgan fingerprint density at radius 3 is 2.87 bits per heavy atom. The fraction of sp³-hybridized carbons (Fsp3) is 0.625. The molecular weight excluding hydrogens is 200 g/mol. The van der Waals surface area contributed by atoms with Gasteiger partial charge < -0.3 is 16.3 Å². The van der Waals surface area contributed by atoms with Crippen LogP contribution < -0.4 is 11.1 Å². The molecule has 0 aromatic heterocycles. The second kappa shape index (κ2) is 4.74. The number of hydrogen-bond acceptors (Lipinski definition) is 5. The number of nitrogens with two attached hydrogens (primary N) is 1. The number of nitrogens with zero attached hydrogens (tertiary/aromatic N) is 2. The van der Waals surface area contributed by atoms with E-state index in [1.54, 1.807) is 0 Å². The number of amidine groups is 1. The van der Waals surface area contributed by atoms with E-state index in [-0.39, 0.29) is 24.1 Å². The third-order valence-electron chi connectivity index (χ3n) is 2.28. The molecule has 1 fully saturated rings. The van der Waals surface area contributed by atoms with E-state index < -0.39 is 6.04 Å². The minimum atomic E-state index is -0.478. The van der Waals surface area contributed by atoms with Crippen molar-refractivity contribution in [1.29, 1.82) is 0 Å². The van der Waals surface area contributed by atoms with E-state index in [4.69, 9.17) is 10.9 Å². The van der Waals surface area contributed by atoms with E-state index in [1.807, 2.05) is 0 Å². The Labute approximate surface area is 86.9 Å². The minimum absolute atomic E-state index is 0.0904. The van der Waals surface area contributed by atoms with Crippen LogP contribution in [0.1, 0.15) is 12.8 Å². The molecule has 0 spiro atoms. The molecular formula is C8H14N4O3. The molecule has 1 unspecified atom stereocenters. The Balaban J connectivity index is 2.35. The van der Waals surface area contributed by atoms with Gasteiger partial charge in [0.1, 0.15) is 5.84 Å². The zero-order valence-electron chi connectivity index (χ0n) is 8.43. The van der Waals surface area contributed by atoms with Crippen LogP contribution in [0.25, 0.3) is 0 Å². The van der Waals surface area contributed by atoms with Crippen molar-refractivity contribution in [2.24, 2.45) is 10.9 Å². The number of nitrogens with one attached hydrogen (secondary N) is 1. The highest BCUT2D eigenvalue weighted by Gasteiger charge is 2.35. The predicted molar refractivity (Wildman–Crippen MR) is 52.2 cm³/mol. The normalized spacial score (nSPS) is 22.6. The van der Waals surface area contributed by atoms with Gasteiger partial charge >= 0.3 is 0 Å². The van der Waals surface area contributed by atoms with Crippen molar-refractivity contribution in [1.82, 2.24) is 10.2 Å². The summed E-state index contributed by atoms with van der Waals surface area (Å²) in [7, 11) is 1.45. The first-order chi connectivity index (χ1) is 7.06. The standard InChI is InChI=1S/C8H14N4O3/c1-12-7(13)4-5(8(12)14)10-3-2-6(9)11-15/h5,10,15H,2-4H2,1H3,(H2,9,11). The summed E-state index contributed by atoms with van der Waals surface area (Å²) in [5.41, 5.74) is 5.24. The molecule has 1 rings (SSSR count). The summed E-state index contributed by atoms with van der Waals surface area (Å²) in [4.78, 5) is 23.6. The maximum atomic E-state index is 11.4. The van der Waals surface area contributed by atoms with Gasteiger partial charge in [-0.15, -0.1) is 0 Å². The number of likely N-dealkylation sites (tertiary alicyclic amines) is 1. The summed E-state index contributed by atoms with van der Waals surface area (Å²) in [6.07, 6.45) is 0.504. The van der Waals surface area contributed by atoms with Crippen LogP contribution in [0.5, 0.6) is 0 Å². The number of carbonyl (C=O) groups excluding carboxylic acids is 2. The van der Waals surface area contributed by atoms with Crippen LogP contribution >= 0.6 is 0 Å². The van der Waals surface area contributed by atoms with Crippen LogP contribution in [0.15, 0.2) is 5.16 Å². The zero-order chi connectivity index (χ0) is 11.4. The van der Waals surface area contributed by atoms with Gasteiger partial charge in [-0.3, -0.25) is 14.5 Å². The van der Waals surface area contributed by atoms with Gasteiger partial charge in [0.05, 0.1) is 12.5 Å². The molecule has 1 aliphatic heterocycles. The van der Waals surface area contributed by atoms with Crippen molar-refractivity contribution in [2.45, 2.75) is 18.9 Å². The van der Waals surface area contributed by atoms with Crippen molar-refractivity contribution in [3.05, 3.63) is 0 Å². The van der Waals surface area contributed by atoms with Gasteiger partial charge in [-0.25, -0.2) is 0 Å². The Hall–Kier alpha value is -1.63. The second-order valence-corrected chi connectivity index (χ2v) is 3.34. The van der Waals surface area contributed by atoms with E-state index in [0.29, 0.717) is 13.0 Å². The van der Waals surface area contributed by atoms with Crippen LogP contribution in [0, 0.1) is 0 Å². The number of hydrogen-bond donors (Lipinski definition) is 3. The van der Waals surface area contributed by atoms with Gasteiger partial charge in [-0.2, -0.15) is 0 Å². The first-order valence-electron chi connectivity index (χ1n) is 4.56. The second-order valence-electron chi connectivity index (χ2n) is 3.34. The summed E-state index contributed by atoms with van der Waals surface area (Å²) in [6, 6.07) is -0.478. The molecule has 1 atom stereocenters. The molecule has 1 aliphatic rings. The Morgan fingerprint density at radius 2 is 2.40 bits per heavy atom. The van der Waals surface area contributed by atoms with Crippen LogP contribution in [-0.4, -0.2) is 47.4 Å². The molecule has 0 radical (unpaired) electrons. The molecule has 4 N–H and O–H groups in total. The lowest BCUT2D eigenvalue weighted by molar-refractivity contribution is -0.137. The highest BCUT2D eigenvalue weighted by atomic mass is 16.4. The fourth-order valence-corrected chi connectivity index (χ4v) is 1.34. The summed E-state index contributed by atoms with van der Waals surface area (Å²) < 4.78 is 0. The average molecular weight is 214 g/mol. The highest BCUT2D eigenvalue weighted by molar-refractivity contribution is 6.05. The largest absolute Gasteiger partial charge is 0.409 e. The van der Waals surface area contributed by atoms with Crippen molar-refractivity contribution < 1.29 is 14.8 Å². The molecule has 0 saturated carbocycles. The zero-order valence-corrected chi connectivity index (χ0v) is 8.43. The maximum absolute atomic E-state index is 11.4. The maximum Gasteiger partial charge on any atom is 0.246 e. The first-order valence-corrected chi connectivity index (χ1v) is 4.56. The van der Waals surface area contributed by atoms with Gasteiger partial charge in [0, 0.05) is 20.0 Å². The lowest BCUT2D eigenvalue weighted by Gasteiger charge is -2.10. The van der Waals surface area contributed by atoms with Crippen LogP contribution in [0.3, 0.4) is 0 Å². The highest BCUT2D eigenvalue weighted by Crippen LogP contribution is 2.09. The number of oxime groups is 1. The topological polar surface area (TPSA) is 108 Å². The van der Waals surface area contributed by atoms with Gasteiger partial charge in [0.25, 0.3) is 0 Å². The summed E-state index contributed by atoms with van der Waals surface area (Å²) in [6.45, 7) is 0.396.